The fourth-order valence-corrected chi connectivity index (χ4v) is 2.35. The number of benzene rings is 1. The summed E-state index contributed by atoms with van der Waals surface area (Å²) in [5.74, 6) is 1.82. The topological polar surface area (TPSA) is 35.2 Å². The molecular formula is C15H23NO. The molecule has 17 heavy (non-hydrogen) atoms. The smallest absolute Gasteiger partial charge is 0.122 e. The van der Waals surface area contributed by atoms with Crippen LogP contribution in [0.25, 0.3) is 0 Å². The van der Waals surface area contributed by atoms with Gasteiger partial charge in [0.2, 0.25) is 0 Å². The van der Waals surface area contributed by atoms with Crippen LogP contribution in [-0.2, 0) is 6.42 Å². The van der Waals surface area contributed by atoms with Crippen molar-refractivity contribution >= 4 is 0 Å². The van der Waals surface area contributed by atoms with Crippen molar-refractivity contribution in [2.24, 2.45) is 11.7 Å². The van der Waals surface area contributed by atoms with E-state index in [1.807, 2.05) is 0 Å². The lowest BCUT2D eigenvalue weighted by atomic mass is 9.97. The molecule has 1 aromatic rings. The van der Waals surface area contributed by atoms with E-state index in [9.17, 15) is 0 Å². The van der Waals surface area contributed by atoms with Gasteiger partial charge in [0.1, 0.15) is 5.75 Å². The number of hydrogen-bond donors (Lipinski definition) is 1. The summed E-state index contributed by atoms with van der Waals surface area (Å²) in [6.45, 7) is 5.35. The van der Waals surface area contributed by atoms with Crippen LogP contribution in [0.2, 0.25) is 0 Å². The van der Waals surface area contributed by atoms with Gasteiger partial charge in [0.15, 0.2) is 0 Å². The molecule has 0 saturated carbocycles. The van der Waals surface area contributed by atoms with Gasteiger partial charge < -0.3 is 10.5 Å². The van der Waals surface area contributed by atoms with Gasteiger partial charge in [-0.25, -0.2) is 0 Å². The van der Waals surface area contributed by atoms with Crippen molar-refractivity contribution in [3.8, 4) is 5.75 Å². The Morgan fingerprint density at radius 2 is 2.12 bits per heavy atom. The van der Waals surface area contributed by atoms with Gasteiger partial charge in [0, 0.05) is 12.5 Å². The lowest BCUT2D eigenvalue weighted by Crippen LogP contribution is -2.10. The molecule has 1 heterocycles. The Kier molecular flexibility index (Phi) is 4.06. The van der Waals surface area contributed by atoms with E-state index in [4.69, 9.17) is 10.5 Å². The molecule has 0 saturated heterocycles. The molecule has 0 fully saturated rings. The van der Waals surface area contributed by atoms with Crippen LogP contribution in [0.1, 0.15) is 50.3 Å². The summed E-state index contributed by atoms with van der Waals surface area (Å²) < 4.78 is 5.50. The summed E-state index contributed by atoms with van der Waals surface area (Å²) in [4.78, 5) is 0. The first-order valence-corrected chi connectivity index (χ1v) is 6.68. The predicted octanol–water partition coefficient (Wildman–Crippen LogP) is 3.45. The molecule has 0 aromatic heterocycles. The molecule has 1 aliphatic rings. The number of nitrogens with two attached hydrogens (primary N) is 1. The third-order valence-electron chi connectivity index (χ3n) is 3.44. The highest BCUT2D eigenvalue weighted by Crippen LogP contribution is 2.29. The molecule has 2 rings (SSSR count). The van der Waals surface area contributed by atoms with Gasteiger partial charge in [-0.05, 0) is 29.5 Å². The summed E-state index contributed by atoms with van der Waals surface area (Å²) >= 11 is 0. The van der Waals surface area contributed by atoms with E-state index in [-0.39, 0.29) is 6.04 Å². The SMILES string of the molecule is CC(C)CCCC(N)c1ccc2c(c1)CCO2. The summed E-state index contributed by atoms with van der Waals surface area (Å²) in [6.07, 6.45) is 4.59. The molecule has 0 aliphatic carbocycles. The maximum absolute atomic E-state index is 6.23. The number of rotatable bonds is 5. The fraction of sp³-hybridized carbons (Fsp3) is 0.600. The first-order chi connectivity index (χ1) is 8.16. The summed E-state index contributed by atoms with van der Waals surface area (Å²) in [5.41, 5.74) is 8.82. The third kappa shape index (κ3) is 3.22. The molecule has 1 unspecified atom stereocenters. The van der Waals surface area contributed by atoms with Crippen molar-refractivity contribution in [3.63, 3.8) is 0 Å². The highest BCUT2D eigenvalue weighted by molar-refractivity contribution is 5.40. The minimum absolute atomic E-state index is 0.180. The van der Waals surface area contributed by atoms with E-state index in [1.54, 1.807) is 0 Å². The van der Waals surface area contributed by atoms with Gasteiger partial charge in [-0.1, -0.05) is 38.8 Å². The Bertz CT molecular complexity index is 373. The van der Waals surface area contributed by atoms with Gasteiger partial charge in [-0.15, -0.1) is 0 Å². The van der Waals surface area contributed by atoms with Gasteiger partial charge >= 0.3 is 0 Å². The monoisotopic (exact) mass is 233 g/mol. The zero-order chi connectivity index (χ0) is 12.3. The van der Waals surface area contributed by atoms with E-state index in [1.165, 1.54) is 24.0 Å². The zero-order valence-corrected chi connectivity index (χ0v) is 10.9. The number of ether oxygens (including phenoxy) is 1. The number of hydrogen-bond acceptors (Lipinski definition) is 2. The van der Waals surface area contributed by atoms with Gasteiger partial charge in [-0.3, -0.25) is 0 Å². The summed E-state index contributed by atoms with van der Waals surface area (Å²) in [7, 11) is 0. The van der Waals surface area contributed by atoms with Crippen LogP contribution in [0, 0.1) is 5.92 Å². The maximum Gasteiger partial charge on any atom is 0.122 e. The first-order valence-electron chi connectivity index (χ1n) is 6.68. The normalized spacial score (nSPS) is 15.8. The van der Waals surface area contributed by atoms with Crippen molar-refractivity contribution in [1.29, 1.82) is 0 Å². The molecule has 2 heteroatoms. The molecule has 0 bridgehead atoms. The van der Waals surface area contributed by atoms with E-state index in [0.717, 1.165) is 31.1 Å². The van der Waals surface area contributed by atoms with Crippen LogP contribution in [-0.4, -0.2) is 6.61 Å². The molecule has 1 atom stereocenters. The molecule has 94 valence electrons. The minimum atomic E-state index is 0.180. The average molecular weight is 233 g/mol. The van der Waals surface area contributed by atoms with Crippen LogP contribution in [0.4, 0.5) is 0 Å². The molecule has 1 aliphatic heterocycles. The van der Waals surface area contributed by atoms with Crippen molar-refractivity contribution in [2.75, 3.05) is 6.61 Å². The Hall–Kier alpha value is -1.02. The molecule has 2 nitrogen and oxygen atoms in total. The van der Waals surface area contributed by atoms with E-state index < -0.39 is 0 Å². The van der Waals surface area contributed by atoms with Crippen molar-refractivity contribution < 1.29 is 4.74 Å². The zero-order valence-electron chi connectivity index (χ0n) is 10.9. The van der Waals surface area contributed by atoms with E-state index in [0.29, 0.717) is 0 Å². The lowest BCUT2D eigenvalue weighted by Gasteiger charge is -2.13. The van der Waals surface area contributed by atoms with Gasteiger partial charge in [0.05, 0.1) is 6.61 Å². The standard InChI is InChI=1S/C15H23NO/c1-11(2)4-3-5-14(16)12-6-7-15-13(10-12)8-9-17-15/h6-7,10-11,14H,3-5,8-9,16H2,1-2H3. The Morgan fingerprint density at radius 3 is 2.88 bits per heavy atom. The highest BCUT2D eigenvalue weighted by atomic mass is 16.5. The van der Waals surface area contributed by atoms with Crippen molar-refractivity contribution in [1.82, 2.24) is 0 Å². The fourth-order valence-electron chi connectivity index (χ4n) is 2.35. The maximum atomic E-state index is 6.23. The Labute approximate surface area is 104 Å². The van der Waals surface area contributed by atoms with Gasteiger partial charge in [-0.2, -0.15) is 0 Å². The minimum Gasteiger partial charge on any atom is -0.493 e. The van der Waals surface area contributed by atoms with Crippen LogP contribution >= 0.6 is 0 Å². The van der Waals surface area contributed by atoms with Crippen LogP contribution < -0.4 is 10.5 Å². The van der Waals surface area contributed by atoms with Gasteiger partial charge in [0.25, 0.3) is 0 Å². The molecular weight excluding hydrogens is 210 g/mol. The van der Waals surface area contributed by atoms with Crippen molar-refractivity contribution in [2.45, 2.75) is 45.6 Å². The van der Waals surface area contributed by atoms with E-state index >= 15 is 0 Å². The van der Waals surface area contributed by atoms with Crippen LogP contribution in [0.15, 0.2) is 18.2 Å². The lowest BCUT2D eigenvalue weighted by molar-refractivity contribution is 0.357. The molecule has 0 radical (unpaired) electrons. The van der Waals surface area contributed by atoms with Crippen LogP contribution in [0.5, 0.6) is 5.75 Å². The van der Waals surface area contributed by atoms with Crippen LogP contribution in [0.3, 0.4) is 0 Å². The first kappa shape index (κ1) is 12.4. The van der Waals surface area contributed by atoms with E-state index in [2.05, 4.69) is 32.0 Å². The second kappa shape index (κ2) is 5.54. The Balaban J connectivity index is 1.92. The molecule has 0 amide bonds. The predicted molar refractivity (Wildman–Crippen MR) is 71.3 cm³/mol. The Morgan fingerprint density at radius 1 is 1.29 bits per heavy atom. The van der Waals surface area contributed by atoms with Crippen molar-refractivity contribution in [3.05, 3.63) is 29.3 Å². The second-order valence-corrected chi connectivity index (χ2v) is 5.40. The highest BCUT2D eigenvalue weighted by Gasteiger charge is 2.14. The number of fused-ring (bicyclic) bond motifs is 1. The average Bonchev–Trinajstić information content (AvgIpc) is 2.75. The molecule has 1 aromatic carbocycles. The molecule has 2 N–H and O–H groups in total. The second-order valence-electron chi connectivity index (χ2n) is 5.40. The largest absolute Gasteiger partial charge is 0.493 e. The summed E-state index contributed by atoms with van der Waals surface area (Å²) in [6, 6.07) is 6.59. The summed E-state index contributed by atoms with van der Waals surface area (Å²) in [5, 5.41) is 0. The quantitative estimate of drug-likeness (QED) is 0.845. The molecule has 0 spiro atoms. The third-order valence-corrected chi connectivity index (χ3v) is 3.44.